The van der Waals surface area contributed by atoms with Crippen LogP contribution in [-0.2, 0) is 4.74 Å². The van der Waals surface area contributed by atoms with Gasteiger partial charge in [0.2, 0.25) is 0 Å². The zero-order valence-corrected chi connectivity index (χ0v) is 12.4. The van der Waals surface area contributed by atoms with Gasteiger partial charge in [0.15, 0.2) is 0 Å². The molecule has 0 radical (unpaired) electrons. The topological polar surface area (TPSA) is 24.5 Å². The molecule has 0 aromatic rings. The van der Waals surface area contributed by atoms with E-state index in [4.69, 9.17) is 4.74 Å². The van der Waals surface area contributed by atoms with Crippen molar-refractivity contribution in [3.05, 3.63) is 0 Å². The number of hydrogen-bond acceptors (Lipinski definition) is 3. The first-order valence-corrected chi connectivity index (χ1v) is 8.43. The van der Waals surface area contributed by atoms with Gasteiger partial charge in [0.05, 0.1) is 6.10 Å². The molecule has 110 valence electrons. The van der Waals surface area contributed by atoms with Crippen LogP contribution >= 0.6 is 0 Å². The molecule has 3 aliphatic rings. The molecule has 0 bridgehead atoms. The molecule has 1 N–H and O–H groups in total. The lowest BCUT2D eigenvalue weighted by Gasteiger charge is -2.36. The summed E-state index contributed by atoms with van der Waals surface area (Å²) in [5, 5.41) is 3.87. The van der Waals surface area contributed by atoms with Gasteiger partial charge in [-0.05, 0) is 71.4 Å². The minimum atomic E-state index is 0.556. The molecule has 0 aromatic carbocycles. The molecule has 0 spiro atoms. The normalized spacial score (nSPS) is 37.4. The number of piperidine rings is 1. The molecule has 0 saturated carbocycles. The van der Waals surface area contributed by atoms with E-state index >= 15 is 0 Å². The highest BCUT2D eigenvalue weighted by Crippen LogP contribution is 2.27. The lowest BCUT2D eigenvalue weighted by atomic mass is 9.96. The number of hydrogen-bond donors (Lipinski definition) is 1. The van der Waals surface area contributed by atoms with Gasteiger partial charge in [0.25, 0.3) is 0 Å². The smallest absolute Gasteiger partial charge is 0.0576 e. The van der Waals surface area contributed by atoms with Gasteiger partial charge in [-0.15, -0.1) is 0 Å². The molecule has 3 rings (SSSR count). The zero-order valence-electron chi connectivity index (χ0n) is 12.4. The number of nitrogens with zero attached hydrogens (tertiary/aromatic N) is 1. The van der Waals surface area contributed by atoms with Gasteiger partial charge < -0.3 is 15.0 Å². The molecule has 3 nitrogen and oxygen atoms in total. The first-order valence-electron chi connectivity index (χ1n) is 8.43. The van der Waals surface area contributed by atoms with Gasteiger partial charge in [0, 0.05) is 24.7 Å². The third-order valence-electron chi connectivity index (χ3n) is 5.29. The summed E-state index contributed by atoms with van der Waals surface area (Å²) in [6, 6.07) is 2.30. The molecule has 3 fully saturated rings. The molecular formula is C16H30N2O. The van der Waals surface area contributed by atoms with Crippen LogP contribution in [0, 0.1) is 0 Å². The lowest BCUT2D eigenvalue weighted by Crippen LogP contribution is -2.48. The maximum absolute atomic E-state index is 5.72. The van der Waals surface area contributed by atoms with Crippen LogP contribution in [0.3, 0.4) is 0 Å². The van der Waals surface area contributed by atoms with Gasteiger partial charge in [-0.2, -0.15) is 0 Å². The van der Waals surface area contributed by atoms with E-state index in [0.29, 0.717) is 12.1 Å². The van der Waals surface area contributed by atoms with Crippen LogP contribution in [-0.4, -0.2) is 48.8 Å². The molecule has 3 heterocycles. The Kier molecular flexibility index (Phi) is 4.78. The van der Waals surface area contributed by atoms with Crippen molar-refractivity contribution in [3.63, 3.8) is 0 Å². The number of nitrogens with one attached hydrogen (secondary N) is 1. The molecule has 3 aliphatic heterocycles. The Labute approximate surface area is 118 Å². The average Bonchev–Trinajstić information content (AvgIpc) is 3.07. The monoisotopic (exact) mass is 266 g/mol. The largest absolute Gasteiger partial charge is 0.378 e. The van der Waals surface area contributed by atoms with Gasteiger partial charge in [-0.3, -0.25) is 0 Å². The van der Waals surface area contributed by atoms with Crippen LogP contribution in [0.2, 0.25) is 0 Å². The molecule has 4 atom stereocenters. The van der Waals surface area contributed by atoms with Crippen LogP contribution in [0.1, 0.15) is 58.3 Å². The van der Waals surface area contributed by atoms with Crippen LogP contribution in [0.25, 0.3) is 0 Å². The molecule has 3 saturated heterocycles. The molecule has 0 aliphatic carbocycles. The predicted octanol–water partition coefficient (Wildman–Crippen LogP) is 2.55. The van der Waals surface area contributed by atoms with Crippen LogP contribution in [0.4, 0.5) is 0 Å². The Hall–Kier alpha value is -0.120. The summed E-state index contributed by atoms with van der Waals surface area (Å²) < 4.78 is 5.72. The first kappa shape index (κ1) is 13.8. The quantitative estimate of drug-likeness (QED) is 0.827. The van der Waals surface area contributed by atoms with Crippen LogP contribution in [0.5, 0.6) is 0 Å². The number of rotatable bonds is 5. The SMILES string of the molecule is C[C@@H](CC[C@H]1CCCO1)N[C@@H]1CCN2CCC[C@@H]2C1. The summed E-state index contributed by atoms with van der Waals surface area (Å²) in [5.41, 5.74) is 0. The van der Waals surface area contributed by atoms with E-state index < -0.39 is 0 Å². The highest BCUT2D eigenvalue weighted by Gasteiger charge is 2.31. The maximum Gasteiger partial charge on any atom is 0.0576 e. The predicted molar refractivity (Wildman–Crippen MR) is 78.4 cm³/mol. The molecule has 0 amide bonds. The Balaban J connectivity index is 1.36. The highest BCUT2D eigenvalue weighted by atomic mass is 16.5. The minimum absolute atomic E-state index is 0.556. The first-order chi connectivity index (χ1) is 9.31. The second kappa shape index (κ2) is 6.55. The van der Waals surface area contributed by atoms with Crippen molar-refractivity contribution in [1.82, 2.24) is 10.2 Å². The zero-order chi connectivity index (χ0) is 13.1. The summed E-state index contributed by atoms with van der Waals surface area (Å²) in [6.45, 7) is 6.02. The summed E-state index contributed by atoms with van der Waals surface area (Å²) in [4.78, 5) is 2.70. The van der Waals surface area contributed by atoms with Crippen molar-refractivity contribution < 1.29 is 4.74 Å². The van der Waals surface area contributed by atoms with E-state index in [1.807, 2.05) is 0 Å². The van der Waals surface area contributed by atoms with Crippen molar-refractivity contribution in [3.8, 4) is 0 Å². The van der Waals surface area contributed by atoms with E-state index in [-0.39, 0.29) is 0 Å². The maximum atomic E-state index is 5.72. The van der Waals surface area contributed by atoms with E-state index in [0.717, 1.165) is 18.7 Å². The molecular weight excluding hydrogens is 236 g/mol. The molecule has 0 unspecified atom stereocenters. The van der Waals surface area contributed by atoms with Crippen molar-refractivity contribution in [2.45, 2.75) is 82.5 Å². The van der Waals surface area contributed by atoms with Crippen molar-refractivity contribution in [1.29, 1.82) is 0 Å². The second-order valence-electron chi connectivity index (χ2n) is 6.83. The van der Waals surface area contributed by atoms with Crippen LogP contribution < -0.4 is 5.32 Å². The van der Waals surface area contributed by atoms with Crippen molar-refractivity contribution in [2.24, 2.45) is 0 Å². The van der Waals surface area contributed by atoms with Crippen LogP contribution in [0.15, 0.2) is 0 Å². The van der Waals surface area contributed by atoms with Crippen molar-refractivity contribution >= 4 is 0 Å². The van der Waals surface area contributed by atoms with E-state index in [2.05, 4.69) is 17.1 Å². The van der Waals surface area contributed by atoms with Gasteiger partial charge >= 0.3 is 0 Å². The Bertz CT molecular complexity index is 278. The Morgan fingerprint density at radius 1 is 1.21 bits per heavy atom. The van der Waals surface area contributed by atoms with E-state index in [1.165, 1.54) is 64.5 Å². The third kappa shape index (κ3) is 3.71. The second-order valence-corrected chi connectivity index (χ2v) is 6.83. The van der Waals surface area contributed by atoms with Gasteiger partial charge in [-0.1, -0.05) is 0 Å². The molecule has 19 heavy (non-hydrogen) atoms. The fourth-order valence-corrected chi connectivity index (χ4v) is 4.17. The standard InChI is InChI=1S/C16H30N2O/c1-13(6-7-16-5-3-11-19-16)17-14-8-10-18-9-2-4-15(18)12-14/h13-17H,2-12H2,1H3/t13-,14+,15+,16+/m0/s1. The summed E-state index contributed by atoms with van der Waals surface area (Å²) in [6.07, 6.45) is 11.2. The van der Waals surface area contributed by atoms with E-state index in [1.54, 1.807) is 0 Å². The number of ether oxygens (including phenoxy) is 1. The van der Waals surface area contributed by atoms with Gasteiger partial charge in [0.1, 0.15) is 0 Å². The Morgan fingerprint density at radius 2 is 2.16 bits per heavy atom. The summed E-state index contributed by atoms with van der Waals surface area (Å²) >= 11 is 0. The molecule has 3 heteroatoms. The van der Waals surface area contributed by atoms with Crippen molar-refractivity contribution in [2.75, 3.05) is 19.7 Å². The fourth-order valence-electron chi connectivity index (χ4n) is 4.17. The minimum Gasteiger partial charge on any atom is -0.378 e. The fraction of sp³-hybridized carbons (Fsp3) is 1.00. The highest BCUT2D eigenvalue weighted by molar-refractivity contribution is 4.90. The number of fused-ring (bicyclic) bond motifs is 1. The lowest BCUT2D eigenvalue weighted by molar-refractivity contribution is 0.0982. The van der Waals surface area contributed by atoms with E-state index in [9.17, 15) is 0 Å². The Morgan fingerprint density at radius 3 is 3.00 bits per heavy atom. The summed E-state index contributed by atoms with van der Waals surface area (Å²) in [7, 11) is 0. The molecule has 0 aromatic heterocycles. The van der Waals surface area contributed by atoms with Gasteiger partial charge in [-0.25, -0.2) is 0 Å². The third-order valence-corrected chi connectivity index (χ3v) is 5.29. The summed E-state index contributed by atoms with van der Waals surface area (Å²) in [5.74, 6) is 0. The average molecular weight is 266 g/mol.